The van der Waals surface area contributed by atoms with Gasteiger partial charge >= 0.3 is 5.92 Å². The Balaban J connectivity index is 1.50. The molecule has 2 saturated carbocycles. The molecule has 1 aliphatic heterocycles. The molecule has 4 amide bonds. The predicted molar refractivity (Wildman–Crippen MR) is 170 cm³/mol. The molecule has 3 aliphatic rings. The van der Waals surface area contributed by atoms with Gasteiger partial charge in [0.15, 0.2) is 0 Å². The van der Waals surface area contributed by atoms with Crippen LogP contribution in [-0.4, -0.2) is 84.7 Å². The fourth-order valence-electron chi connectivity index (χ4n) is 6.97. The SMILES string of the molecule is CCC(=O)N[C@@H](C(=O)N1CCN(C)CC1)[C@@H](C)c1ccc(NC(=O)[C@@H](NC(=O)C(F)(F)C2CCCCC2)C2CCCCC2)c(F)c1. The van der Waals surface area contributed by atoms with Gasteiger partial charge in [-0.25, -0.2) is 4.39 Å². The number of alkyl halides is 2. The molecule has 1 aromatic rings. The van der Waals surface area contributed by atoms with E-state index in [0.717, 1.165) is 25.7 Å². The normalized spacial score (nSPS) is 20.8. The van der Waals surface area contributed by atoms with Crippen molar-refractivity contribution in [3.63, 3.8) is 0 Å². The maximum atomic E-state index is 15.6. The molecule has 0 unspecified atom stereocenters. The van der Waals surface area contributed by atoms with Crippen LogP contribution in [0.4, 0.5) is 18.9 Å². The highest BCUT2D eigenvalue weighted by Crippen LogP contribution is 2.37. The van der Waals surface area contributed by atoms with E-state index < -0.39 is 47.5 Å². The molecule has 1 saturated heterocycles. The van der Waals surface area contributed by atoms with Crippen molar-refractivity contribution in [1.82, 2.24) is 20.4 Å². The van der Waals surface area contributed by atoms with Crippen molar-refractivity contribution in [1.29, 1.82) is 0 Å². The highest BCUT2D eigenvalue weighted by molar-refractivity contribution is 5.98. The summed E-state index contributed by atoms with van der Waals surface area (Å²) in [5.74, 6) is -9.07. The minimum atomic E-state index is -3.60. The maximum absolute atomic E-state index is 15.6. The summed E-state index contributed by atoms with van der Waals surface area (Å²) in [4.78, 5) is 56.2. The van der Waals surface area contributed by atoms with Crippen molar-refractivity contribution in [3.8, 4) is 0 Å². The quantitative estimate of drug-likeness (QED) is 0.319. The molecule has 12 heteroatoms. The van der Waals surface area contributed by atoms with Crippen LogP contribution in [0.5, 0.6) is 0 Å². The van der Waals surface area contributed by atoms with Gasteiger partial charge in [-0.2, -0.15) is 8.78 Å². The number of carbonyl (C=O) groups is 4. The molecule has 0 bridgehead atoms. The number of rotatable bonds is 11. The molecule has 3 N–H and O–H groups in total. The number of hydrogen-bond acceptors (Lipinski definition) is 5. The average Bonchev–Trinajstić information content (AvgIpc) is 3.07. The summed E-state index contributed by atoms with van der Waals surface area (Å²) in [5.41, 5.74) is 0.290. The Kier molecular flexibility index (Phi) is 12.5. The van der Waals surface area contributed by atoms with Crippen LogP contribution in [-0.2, 0) is 19.2 Å². The number of nitrogens with zero attached hydrogens (tertiary/aromatic N) is 2. The summed E-state index contributed by atoms with van der Waals surface area (Å²) in [5, 5.41) is 7.71. The topological polar surface area (TPSA) is 111 Å². The lowest BCUT2D eigenvalue weighted by atomic mass is 9.82. The second-order valence-corrected chi connectivity index (χ2v) is 13.4. The minimum Gasteiger partial charge on any atom is -0.344 e. The van der Waals surface area contributed by atoms with Gasteiger partial charge in [-0.1, -0.05) is 58.4 Å². The van der Waals surface area contributed by atoms with Crippen LogP contribution >= 0.6 is 0 Å². The largest absolute Gasteiger partial charge is 0.344 e. The summed E-state index contributed by atoms with van der Waals surface area (Å²) >= 11 is 0. The molecule has 4 rings (SSSR count). The Labute approximate surface area is 270 Å². The summed E-state index contributed by atoms with van der Waals surface area (Å²) in [7, 11) is 1.97. The molecule has 256 valence electrons. The lowest BCUT2D eigenvalue weighted by molar-refractivity contribution is -0.158. The molecule has 0 aromatic heterocycles. The van der Waals surface area contributed by atoms with E-state index in [-0.39, 0.29) is 42.7 Å². The number of likely N-dealkylation sites (N-methyl/N-ethyl adjacent to an activating group) is 1. The number of carbonyl (C=O) groups excluding carboxylic acids is 4. The molecule has 0 spiro atoms. The van der Waals surface area contributed by atoms with Gasteiger partial charge in [-0.05, 0) is 56.3 Å². The Bertz CT molecular complexity index is 1230. The second kappa shape index (κ2) is 16.1. The summed E-state index contributed by atoms with van der Waals surface area (Å²) in [6.45, 7) is 5.88. The van der Waals surface area contributed by atoms with Gasteiger partial charge in [-0.15, -0.1) is 0 Å². The zero-order valence-electron chi connectivity index (χ0n) is 27.4. The lowest BCUT2D eigenvalue weighted by Crippen LogP contribution is -2.55. The standard InChI is InChI=1S/C34H50F3N5O4/c1-4-28(43)39-29(32(45)42-19-17-41(3)18-20-42)22(2)24-15-16-27(26(35)21-24)38-31(44)30(23-11-7-5-8-12-23)40-33(46)34(36,37)25-13-9-6-10-14-25/h15-16,21-23,25,29-30H,4-14,17-20H2,1-3H3,(H,38,44)(H,39,43)(H,40,46)/t22-,29+,30-/m0/s1. The zero-order chi connectivity index (χ0) is 33.4. The van der Waals surface area contributed by atoms with Crippen LogP contribution in [0.25, 0.3) is 0 Å². The number of hydrogen-bond donors (Lipinski definition) is 3. The number of amides is 4. The second-order valence-electron chi connectivity index (χ2n) is 13.4. The van der Waals surface area contributed by atoms with Crippen LogP contribution < -0.4 is 16.0 Å². The van der Waals surface area contributed by atoms with Crippen molar-refractivity contribution < 1.29 is 32.3 Å². The molecule has 2 aliphatic carbocycles. The van der Waals surface area contributed by atoms with E-state index in [4.69, 9.17) is 0 Å². The fraction of sp³-hybridized carbons (Fsp3) is 0.706. The number of piperazine rings is 1. The monoisotopic (exact) mass is 649 g/mol. The Morgan fingerprint density at radius 2 is 1.52 bits per heavy atom. The smallest absolute Gasteiger partial charge is 0.327 e. The maximum Gasteiger partial charge on any atom is 0.327 e. The summed E-state index contributed by atoms with van der Waals surface area (Å²) < 4.78 is 46.0. The number of anilines is 1. The van der Waals surface area contributed by atoms with Gasteiger partial charge in [0.25, 0.3) is 5.91 Å². The van der Waals surface area contributed by atoms with Gasteiger partial charge in [0.05, 0.1) is 5.69 Å². The third-order valence-corrected chi connectivity index (χ3v) is 10.1. The first kappa shape index (κ1) is 35.7. The van der Waals surface area contributed by atoms with Crippen LogP contribution in [0.15, 0.2) is 18.2 Å². The molecular weight excluding hydrogens is 599 g/mol. The summed E-state index contributed by atoms with van der Waals surface area (Å²) in [6, 6.07) is 2.03. The van der Waals surface area contributed by atoms with Gasteiger partial charge in [-0.3, -0.25) is 19.2 Å². The summed E-state index contributed by atoms with van der Waals surface area (Å²) in [6.07, 6.45) is 6.64. The lowest BCUT2D eigenvalue weighted by Gasteiger charge is -2.36. The number of benzene rings is 1. The van der Waals surface area contributed by atoms with Gasteiger partial charge in [0.2, 0.25) is 17.7 Å². The van der Waals surface area contributed by atoms with E-state index in [0.29, 0.717) is 57.4 Å². The molecule has 3 atom stereocenters. The van der Waals surface area contributed by atoms with Crippen molar-refractivity contribution in [2.75, 3.05) is 38.5 Å². The molecule has 9 nitrogen and oxygen atoms in total. The molecule has 1 heterocycles. The Morgan fingerprint density at radius 1 is 0.913 bits per heavy atom. The van der Waals surface area contributed by atoms with Crippen molar-refractivity contribution >= 4 is 29.3 Å². The first-order valence-corrected chi connectivity index (χ1v) is 17.0. The van der Waals surface area contributed by atoms with Gasteiger partial charge < -0.3 is 25.8 Å². The van der Waals surface area contributed by atoms with E-state index in [1.807, 2.05) is 7.05 Å². The van der Waals surface area contributed by atoms with E-state index in [1.165, 1.54) is 12.1 Å². The third-order valence-electron chi connectivity index (χ3n) is 10.1. The zero-order valence-corrected chi connectivity index (χ0v) is 27.4. The molecule has 3 fully saturated rings. The molecule has 46 heavy (non-hydrogen) atoms. The van der Waals surface area contributed by atoms with E-state index >= 15 is 13.2 Å². The minimum absolute atomic E-state index is 0.158. The first-order chi connectivity index (χ1) is 21.9. The van der Waals surface area contributed by atoms with Crippen LogP contribution in [0.3, 0.4) is 0 Å². The average molecular weight is 650 g/mol. The Hall–Kier alpha value is -3.15. The van der Waals surface area contributed by atoms with E-state index in [9.17, 15) is 19.2 Å². The van der Waals surface area contributed by atoms with Crippen molar-refractivity contribution in [2.45, 2.75) is 108 Å². The van der Waals surface area contributed by atoms with E-state index in [2.05, 4.69) is 20.9 Å². The van der Waals surface area contributed by atoms with Crippen molar-refractivity contribution in [3.05, 3.63) is 29.6 Å². The number of halogens is 3. The molecule has 1 aromatic carbocycles. The highest BCUT2D eigenvalue weighted by Gasteiger charge is 2.48. The molecule has 0 radical (unpaired) electrons. The number of nitrogens with one attached hydrogen (secondary N) is 3. The molecular formula is C34H50F3N5O4. The van der Waals surface area contributed by atoms with Crippen LogP contribution in [0.1, 0.15) is 96.0 Å². The van der Waals surface area contributed by atoms with Gasteiger partial charge in [0.1, 0.15) is 17.9 Å². The Morgan fingerprint density at radius 3 is 2.11 bits per heavy atom. The van der Waals surface area contributed by atoms with Crippen molar-refractivity contribution in [2.24, 2.45) is 11.8 Å². The van der Waals surface area contributed by atoms with Crippen LogP contribution in [0.2, 0.25) is 0 Å². The van der Waals surface area contributed by atoms with Crippen LogP contribution in [0, 0.1) is 17.7 Å². The highest BCUT2D eigenvalue weighted by atomic mass is 19.3. The third kappa shape index (κ3) is 8.80. The van der Waals surface area contributed by atoms with Gasteiger partial charge in [0, 0.05) is 44.4 Å². The first-order valence-electron chi connectivity index (χ1n) is 17.0. The van der Waals surface area contributed by atoms with E-state index in [1.54, 1.807) is 24.8 Å². The predicted octanol–water partition coefficient (Wildman–Crippen LogP) is 4.82. The fourth-order valence-corrected chi connectivity index (χ4v) is 6.97.